The van der Waals surface area contributed by atoms with Crippen molar-refractivity contribution in [3.63, 3.8) is 0 Å². The van der Waals surface area contributed by atoms with Gasteiger partial charge >= 0.3 is 0 Å². The van der Waals surface area contributed by atoms with Gasteiger partial charge in [0, 0.05) is 25.7 Å². The quantitative estimate of drug-likeness (QED) is 0.899. The predicted molar refractivity (Wildman–Crippen MR) is 89.5 cm³/mol. The van der Waals surface area contributed by atoms with E-state index in [4.69, 9.17) is 23.2 Å². The number of rotatable bonds is 2. The van der Waals surface area contributed by atoms with Gasteiger partial charge in [0.25, 0.3) is 5.91 Å². The minimum absolute atomic E-state index is 0.160. The molecule has 1 fully saturated rings. The number of aryl methyl sites for hydroxylation is 1. The van der Waals surface area contributed by atoms with Gasteiger partial charge in [-0.25, -0.2) is 9.67 Å². The zero-order valence-electron chi connectivity index (χ0n) is 12.9. The molecular formula is C15H17Cl2N5O. The third kappa shape index (κ3) is 3.20. The minimum Gasteiger partial charge on any atom is -0.333 e. The van der Waals surface area contributed by atoms with Crippen LogP contribution in [0.15, 0.2) is 18.2 Å². The SMILES string of the molecule is Cc1nc(C(=O)N2CCNC(C)C2)nn1-c1c(Cl)cccc1Cl. The summed E-state index contributed by atoms with van der Waals surface area (Å²) in [4.78, 5) is 18.7. The van der Waals surface area contributed by atoms with E-state index in [1.165, 1.54) is 4.68 Å². The van der Waals surface area contributed by atoms with E-state index in [1.54, 1.807) is 30.0 Å². The summed E-state index contributed by atoms with van der Waals surface area (Å²) in [5.74, 6) is 0.544. The number of amides is 1. The number of aromatic nitrogens is 3. The molecule has 3 rings (SSSR count). The molecule has 2 aromatic rings. The third-order valence-electron chi connectivity index (χ3n) is 3.77. The van der Waals surface area contributed by atoms with Crippen molar-refractivity contribution in [3.05, 3.63) is 39.9 Å². The summed E-state index contributed by atoms with van der Waals surface area (Å²) in [7, 11) is 0. The average Bonchev–Trinajstić information content (AvgIpc) is 2.88. The first-order valence-corrected chi connectivity index (χ1v) is 8.13. The zero-order valence-corrected chi connectivity index (χ0v) is 14.4. The standard InChI is InChI=1S/C15H17Cl2N5O/c1-9-8-21(7-6-18-9)15(23)14-19-10(2)22(20-14)13-11(16)4-3-5-12(13)17/h3-5,9,18H,6-8H2,1-2H3. The Morgan fingerprint density at radius 3 is 2.70 bits per heavy atom. The highest BCUT2D eigenvalue weighted by atomic mass is 35.5. The molecule has 1 unspecified atom stereocenters. The Morgan fingerprint density at radius 1 is 1.35 bits per heavy atom. The van der Waals surface area contributed by atoms with Crippen LogP contribution in [-0.4, -0.2) is 51.2 Å². The largest absolute Gasteiger partial charge is 0.333 e. The number of para-hydroxylation sites is 1. The monoisotopic (exact) mass is 353 g/mol. The smallest absolute Gasteiger partial charge is 0.293 e. The van der Waals surface area contributed by atoms with Crippen molar-refractivity contribution in [1.82, 2.24) is 25.0 Å². The van der Waals surface area contributed by atoms with E-state index < -0.39 is 0 Å². The van der Waals surface area contributed by atoms with Crippen molar-refractivity contribution in [2.24, 2.45) is 0 Å². The average molecular weight is 354 g/mol. The molecule has 1 aromatic heterocycles. The van der Waals surface area contributed by atoms with Crippen LogP contribution in [-0.2, 0) is 0 Å². The van der Waals surface area contributed by atoms with Crippen LogP contribution in [0.1, 0.15) is 23.4 Å². The molecule has 0 aliphatic carbocycles. The number of nitrogens with one attached hydrogen (secondary N) is 1. The van der Waals surface area contributed by atoms with Gasteiger partial charge < -0.3 is 10.2 Å². The summed E-state index contributed by atoms with van der Waals surface area (Å²) >= 11 is 12.4. The molecule has 1 N–H and O–H groups in total. The molecule has 0 spiro atoms. The number of benzene rings is 1. The molecule has 122 valence electrons. The van der Waals surface area contributed by atoms with Crippen molar-refractivity contribution in [2.45, 2.75) is 19.9 Å². The van der Waals surface area contributed by atoms with Gasteiger partial charge in [-0.3, -0.25) is 4.79 Å². The lowest BCUT2D eigenvalue weighted by atomic mass is 10.2. The molecule has 23 heavy (non-hydrogen) atoms. The van der Waals surface area contributed by atoms with E-state index in [2.05, 4.69) is 15.4 Å². The molecule has 1 aromatic carbocycles. The molecule has 0 saturated carbocycles. The summed E-state index contributed by atoms with van der Waals surface area (Å²) in [6.07, 6.45) is 0. The Labute approximate surface area is 144 Å². The van der Waals surface area contributed by atoms with E-state index >= 15 is 0 Å². The number of nitrogens with zero attached hydrogens (tertiary/aromatic N) is 4. The maximum Gasteiger partial charge on any atom is 0.293 e. The van der Waals surface area contributed by atoms with Gasteiger partial charge in [-0.05, 0) is 26.0 Å². The Kier molecular flexibility index (Phi) is 4.57. The van der Waals surface area contributed by atoms with E-state index in [-0.39, 0.29) is 17.8 Å². The number of hydrogen-bond donors (Lipinski definition) is 1. The number of halogens is 2. The van der Waals surface area contributed by atoms with E-state index in [9.17, 15) is 4.79 Å². The summed E-state index contributed by atoms with van der Waals surface area (Å²) in [5, 5.41) is 8.54. The van der Waals surface area contributed by atoms with Crippen molar-refractivity contribution in [1.29, 1.82) is 0 Å². The number of carbonyl (C=O) groups excluding carboxylic acids is 1. The molecule has 2 heterocycles. The van der Waals surface area contributed by atoms with Crippen molar-refractivity contribution in [3.8, 4) is 5.69 Å². The molecule has 6 nitrogen and oxygen atoms in total. The third-order valence-corrected chi connectivity index (χ3v) is 4.38. The first-order valence-electron chi connectivity index (χ1n) is 7.38. The molecule has 1 saturated heterocycles. The van der Waals surface area contributed by atoms with Crippen LogP contribution in [0.25, 0.3) is 5.69 Å². The second-order valence-corrected chi connectivity index (χ2v) is 6.39. The molecule has 1 aliphatic heterocycles. The van der Waals surface area contributed by atoms with Gasteiger partial charge in [-0.15, -0.1) is 5.10 Å². The summed E-state index contributed by atoms with van der Waals surface area (Å²) in [6.45, 7) is 5.86. The van der Waals surface area contributed by atoms with Crippen molar-refractivity contribution in [2.75, 3.05) is 19.6 Å². The fraction of sp³-hybridized carbons (Fsp3) is 0.400. The first kappa shape index (κ1) is 16.2. The highest BCUT2D eigenvalue weighted by molar-refractivity contribution is 6.37. The Morgan fingerprint density at radius 2 is 2.04 bits per heavy atom. The number of piperazine rings is 1. The van der Waals surface area contributed by atoms with Gasteiger partial charge in [-0.1, -0.05) is 29.3 Å². The van der Waals surface area contributed by atoms with Crippen molar-refractivity contribution < 1.29 is 4.79 Å². The Hall–Kier alpha value is -1.63. The Bertz CT molecular complexity index is 725. The van der Waals surface area contributed by atoms with Gasteiger partial charge in [0.1, 0.15) is 11.5 Å². The lowest BCUT2D eigenvalue weighted by Crippen LogP contribution is -2.51. The summed E-state index contributed by atoms with van der Waals surface area (Å²) in [6, 6.07) is 5.47. The van der Waals surface area contributed by atoms with Crippen molar-refractivity contribution >= 4 is 29.1 Å². The zero-order chi connectivity index (χ0) is 16.6. The van der Waals surface area contributed by atoms with Crippen LogP contribution < -0.4 is 5.32 Å². The van der Waals surface area contributed by atoms with Crippen LogP contribution in [0.3, 0.4) is 0 Å². The Balaban J connectivity index is 1.93. The molecule has 0 bridgehead atoms. The van der Waals surface area contributed by atoms with E-state index in [1.807, 2.05) is 6.92 Å². The summed E-state index contributed by atoms with van der Waals surface area (Å²) in [5.41, 5.74) is 0.536. The van der Waals surface area contributed by atoms with Gasteiger partial charge in [-0.2, -0.15) is 0 Å². The second-order valence-electron chi connectivity index (χ2n) is 5.57. The van der Waals surface area contributed by atoms with Crippen LogP contribution in [0.2, 0.25) is 10.0 Å². The topological polar surface area (TPSA) is 63.1 Å². The maximum absolute atomic E-state index is 12.6. The number of hydrogen-bond acceptors (Lipinski definition) is 4. The minimum atomic E-state index is -0.177. The van der Waals surface area contributed by atoms with Gasteiger partial charge in [0.2, 0.25) is 5.82 Å². The van der Waals surface area contributed by atoms with Gasteiger partial charge in [0.05, 0.1) is 10.0 Å². The van der Waals surface area contributed by atoms with E-state index in [0.717, 1.165) is 6.54 Å². The van der Waals surface area contributed by atoms with Gasteiger partial charge in [0.15, 0.2) is 0 Å². The highest BCUT2D eigenvalue weighted by Crippen LogP contribution is 2.28. The maximum atomic E-state index is 12.6. The fourth-order valence-electron chi connectivity index (χ4n) is 2.64. The van der Waals surface area contributed by atoms with Crippen LogP contribution in [0, 0.1) is 6.92 Å². The predicted octanol–water partition coefficient (Wildman–Crippen LogP) is 2.32. The molecular weight excluding hydrogens is 337 g/mol. The molecule has 1 amide bonds. The number of carbonyl (C=O) groups is 1. The molecule has 1 aliphatic rings. The van der Waals surface area contributed by atoms with Crippen LogP contribution in [0.4, 0.5) is 0 Å². The van der Waals surface area contributed by atoms with E-state index in [0.29, 0.717) is 34.6 Å². The fourth-order valence-corrected chi connectivity index (χ4v) is 3.20. The first-order chi connectivity index (χ1) is 11.0. The molecule has 8 heteroatoms. The lowest BCUT2D eigenvalue weighted by molar-refractivity contribution is 0.0696. The summed E-state index contributed by atoms with van der Waals surface area (Å²) < 4.78 is 1.52. The van der Waals surface area contributed by atoms with Crippen LogP contribution in [0.5, 0.6) is 0 Å². The van der Waals surface area contributed by atoms with Crippen LogP contribution >= 0.6 is 23.2 Å². The lowest BCUT2D eigenvalue weighted by Gasteiger charge is -2.31. The molecule has 0 radical (unpaired) electrons. The second kappa shape index (κ2) is 6.47. The molecule has 1 atom stereocenters. The normalized spacial score (nSPS) is 18.3. The highest BCUT2D eigenvalue weighted by Gasteiger charge is 2.26.